The van der Waals surface area contributed by atoms with Gasteiger partial charge in [-0.15, -0.1) is 0 Å². The van der Waals surface area contributed by atoms with Crippen LogP contribution in [-0.4, -0.2) is 17.6 Å². The highest BCUT2D eigenvalue weighted by Crippen LogP contribution is 2.75. The van der Waals surface area contributed by atoms with E-state index in [0.29, 0.717) is 12.1 Å². The minimum atomic E-state index is -1.09. The number of amides is 2. The highest BCUT2D eigenvalue weighted by Gasteiger charge is 2.80. The van der Waals surface area contributed by atoms with Gasteiger partial charge in [0, 0.05) is 0 Å². The number of imide groups is 1. The first-order chi connectivity index (χ1) is 17.8. The lowest BCUT2D eigenvalue weighted by Gasteiger charge is -2.37. The van der Waals surface area contributed by atoms with E-state index in [0.717, 1.165) is 39.8 Å². The first-order valence-electron chi connectivity index (χ1n) is 13.1. The number of Topliss-reactive ketones (excluding diaryl/α,β-unsaturated/α-hetero) is 1. The van der Waals surface area contributed by atoms with Crippen LogP contribution < -0.4 is 4.90 Å². The maximum Gasteiger partial charge on any atom is 0.239 e. The molecule has 0 unspecified atom stereocenters. The summed E-state index contributed by atoms with van der Waals surface area (Å²) in [4.78, 5) is 44.7. The van der Waals surface area contributed by atoms with Gasteiger partial charge in [-0.3, -0.25) is 14.4 Å². The lowest BCUT2D eigenvalue weighted by Crippen LogP contribution is -2.41. The Hall–Kier alpha value is -3.79. The third kappa shape index (κ3) is 2.87. The van der Waals surface area contributed by atoms with Crippen molar-refractivity contribution >= 4 is 34.4 Å². The van der Waals surface area contributed by atoms with Crippen LogP contribution in [0.1, 0.15) is 48.9 Å². The molecule has 1 aliphatic heterocycles. The lowest BCUT2D eigenvalue weighted by molar-refractivity contribution is -0.134. The van der Waals surface area contributed by atoms with E-state index in [4.69, 9.17) is 0 Å². The average Bonchev–Trinajstić information content (AvgIpc) is 3.36. The Morgan fingerprint density at radius 1 is 0.757 bits per heavy atom. The number of allylic oxidation sites excluding steroid dienone is 2. The molecule has 3 aromatic rings. The number of aryl methyl sites for hydroxylation is 2. The Balaban J connectivity index is 1.66. The summed E-state index contributed by atoms with van der Waals surface area (Å²) in [5, 5.41) is 0. The van der Waals surface area contributed by atoms with Crippen molar-refractivity contribution in [1.29, 1.82) is 0 Å². The Kier molecular flexibility index (Phi) is 5.17. The summed E-state index contributed by atoms with van der Waals surface area (Å²) in [6.45, 7) is 7.86. The smallest absolute Gasteiger partial charge is 0.239 e. The topological polar surface area (TPSA) is 54.5 Å². The molecule has 3 aromatic carbocycles. The van der Waals surface area contributed by atoms with Gasteiger partial charge in [0.15, 0.2) is 5.78 Å². The molecule has 4 heteroatoms. The third-order valence-corrected chi connectivity index (χ3v) is 8.93. The molecule has 2 fully saturated rings. The Labute approximate surface area is 218 Å². The van der Waals surface area contributed by atoms with Gasteiger partial charge in [-0.25, -0.2) is 4.90 Å². The highest BCUT2D eigenvalue weighted by atomic mass is 16.2. The average molecular weight is 490 g/mol. The van der Waals surface area contributed by atoms with Crippen LogP contribution in [-0.2, 0) is 14.4 Å². The standard InChI is InChI=1S/C33H31NO3/c1-5-18-33-26(23-14-10-7-11-15-23)25(22-12-8-6-9-13-22)32(4,31(33)37)27-28(33)30(36)34(29(27)35)24-19-20(2)16-17-21(24)3/h6-17,19,27-28H,5,18H2,1-4H3/t27-,28+,32+,33-/m1/s1. The number of benzene rings is 3. The van der Waals surface area contributed by atoms with Gasteiger partial charge in [0.1, 0.15) is 0 Å². The van der Waals surface area contributed by atoms with E-state index in [1.54, 1.807) is 0 Å². The van der Waals surface area contributed by atoms with Crippen LogP contribution in [0.15, 0.2) is 78.9 Å². The monoisotopic (exact) mass is 489 g/mol. The maximum absolute atomic E-state index is 14.7. The van der Waals surface area contributed by atoms with Crippen LogP contribution in [0.5, 0.6) is 0 Å². The second-order valence-electron chi connectivity index (χ2n) is 11.0. The number of anilines is 1. The minimum absolute atomic E-state index is 0.0249. The van der Waals surface area contributed by atoms with E-state index in [-0.39, 0.29) is 17.6 Å². The van der Waals surface area contributed by atoms with Crippen LogP contribution in [0.4, 0.5) is 5.69 Å². The fourth-order valence-electron chi connectivity index (χ4n) is 7.56. The maximum atomic E-state index is 14.7. The second kappa shape index (κ2) is 8.11. The largest absolute Gasteiger partial charge is 0.298 e. The molecule has 4 nitrogen and oxygen atoms in total. The number of fused-ring (bicyclic) bond motifs is 5. The lowest BCUT2D eigenvalue weighted by atomic mass is 9.61. The fraction of sp³-hybridized carbons (Fsp3) is 0.303. The number of ketones is 1. The molecule has 1 saturated heterocycles. The predicted octanol–water partition coefficient (Wildman–Crippen LogP) is 6.41. The molecule has 0 aromatic heterocycles. The summed E-state index contributed by atoms with van der Waals surface area (Å²) in [6.07, 6.45) is 1.26. The Bertz CT molecular complexity index is 1490. The van der Waals surface area contributed by atoms with E-state index in [9.17, 15) is 14.4 Å². The van der Waals surface area contributed by atoms with Gasteiger partial charge < -0.3 is 0 Å². The van der Waals surface area contributed by atoms with Crippen LogP contribution >= 0.6 is 0 Å². The summed E-state index contributed by atoms with van der Waals surface area (Å²) in [5.41, 5.74) is 4.09. The predicted molar refractivity (Wildman–Crippen MR) is 146 cm³/mol. The number of hydrogen-bond acceptors (Lipinski definition) is 3. The molecule has 37 heavy (non-hydrogen) atoms. The van der Waals surface area contributed by atoms with E-state index in [2.05, 4.69) is 6.92 Å². The van der Waals surface area contributed by atoms with E-state index >= 15 is 0 Å². The zero-order valence-electron chi connectivity index (χ0n) is 21.7. The SMILES string of the molecule is CCC[C@@]12C(=O)[C@@](C)(C(c3ccccc3)=C1c1ccccc1)[C@H]1C(=O)N(c3cc(C)ccc3C)C(=O)[C@H]12. The molecule has 1 heterocycles. The second-order valence-corrected chi connectivity index (χ2v) is 11.0. The summed E-state index contributed by atoms with van der Waals surface area (Å²) >= 11 is 0. The first kappa shape index (κ1) is 23.6. The number of hydrogen-bond donors (Lipinski definition) is 0. The van der Waals surface area contributed by atoms with Gasteiger partial charge in [-0.2, -0.15) is 0 Å². The van der Waals surface area contributed by atoms with Gasteiger partial charge >= 0.3 is 0 Å². The molecule has 4 atom stereocenters. The van der Waals surface area contributed by atoms with E-state index in [1.807, 2.05) is 99.6 Å². The zero-order valence-corrected chi connectivity index (χ0v) is 21.7. The van der Waals surface area contributed by atoms with Crippen LogP contribution in [0.2, 0.25) is 0 Å². The molecular formula is C33H31NO3. The normalized spacial score (nSPS) is 28.4. The van der Waals surface area contributed by atoms with Crippen LogP contribution in [0, 0.1) is 36.5 Å². The molecule has 6 rings (SSSR count). The molecule has 1 saturated carbocycles. The van der Waals surface area contributed by atoms with Gasteiger partial charge in [-0.05, 0) is 66.7 Å². The summed E-state index contributed by atoms with van der Waals surface area (Å²) in [6, 6.07) is 25.8. The molecule has 2 amide bonds. The molecule has 2 bridgehead atoms. The van der Waals surface area contributed by atoms with Crippen molar-refractivity contribution in [3.05, 3.63) is 101 Å². The summed E-state index contributed by atoms with van der Waals surface area (Å²) in [7, 11) is 0. The van der Waals surface area contributed by atoms with Crippen molar-refractivity contribution in [2.24, 2.45) is 22.7 Å². The molecule has 0 N–H and O–H groups in total. The molecule has 3 aliphatic rings. The Morgan fingerprint density at radius 3 is 1.92 bits per heavy atom. The van der Waals surface area contributed by atoms with Crippen molar-refractivity contribution in [3.63, 3.8) is 0 Å². The Morgan fingerprint density at radius 2 is 1.32 bits per heavy atom. The van der Waals surface area contributed by atoms with Crippen molar-refractivity contribution in [2.75, 3.05) is 4.90 Å². The van der Waals surface area contributed by atoms with Crippen molar-refractivity contribution < 1.29 is 14.4 Å². The molecule has 2 aliphatic carbocycles. The quantitative estimate of drug-likeness (QED) is 0.389. The van der Waals surface area contributed by atoms with Crippen LogP contribution in [0.3, 0.4) is 0 Å². The van der Waals surface area contributed by atoms with Gasteiger partial charge in [0.2, 0.25) is 11.8 Å². The van der Waals surface area contributed by atoms with Crippen molar-refractivity contribution in [1.82, 2.24) is 0 Å². The van der Waals surface area contributed by atoms with E-state index in [1.165, 1.54) is 4.90 Å². The van der Waals surface area contributed by atoms with Gasteiger partial charge in [0.25, 0.3) is 0 Å². The summed E-state index contributed by atoms with van der Waals surface area (Å²) in [5.74, 6) is -1.90. The van der Waals surface area contributed by atoms with Crippen molar-refractivity contribution in [3.8, 4) is 0 Å². The zero-order chi connectivity index (χ0) is 26.1. The molecule has 0 radical (unpaired) electrons. The fourth-order valence-corrected chi connectivity index (χ4v) is 7.56. The van der Waals surface area contributed by atoms with E-state index < -0.39 is 22.7 Å². The number of rotatable bonds is 5. The van der Waals surface area contributed by atoms with Crippen molar-refractivity contribution in [2.45, 2.75) is 40.5 Å². The highest BCUT2D eigenvalue weighted by molar-refractivity contribution is 6.34. The summed E-state index contributed by atoms with van der Waals surface area (Å²) < 4.78 is 0. The molecular weight excluding hydrogens is 458 g/mol. The third-order valence-electron chi connectivity index (χ3n) is 8.93. The first-order valence-corrected chi connectivity index (χ1v) is 13.1. The number of carbonyl (C=O) groups excluding carboxylic acids is 3. The van der Waals surface area contributed by atoms with Gasteiger partial charge in [0.05, 0.1) is 28.4 Å². The molecule has 0 spiro atoms. The number of nitrogens with zero attached hydrogens (tertiary/aromatic N) is 1. The minimum Gasteiger partial charge on any atom is -0.298 e. The molecule has 186 valence electrons. The van der Waals surface area contributed by atoms with Crippen LogP contribution in [0.25, 0.3) is 11.1 Å². The van der Waals surface area contributed by atoms with Gasteiger partial charge in [-0.1, -0.05) is 86.1 Å². The number of carbonyl (C=O) groups is 3.